The molecule has 0 saturated heterocycles. The average Bonchev–Trinajstić information content (AvgIpc) is 2.55. The Hall–Kier alpha value is -2.25. The van der Waals surface area contributed by atoms with E-state index >= 15 is 0 Å². The fourth-order valence-corrected chi connectivity index (χ4v) is 3.45. The van der Waals surface area contributed by atoms with Crippen molar-refractivity contribution in [2.24, 2.45) is 0 Å². The summed E-state index contributed by atoms with van der Waals surface area (Å²) in [6.45, 7) is 1.38. The molecule has 2 aromatic rings. The predicted octanol–water partition coefficient (Wildman–Crippen LogP) is 2.48. The number of hydrogen-bond acceptors (Lipinski definition) is 3. The number of likely N-dealkylation sites (N-methyl/N-ethyl adjacent to an activating group) is 1. The molecule has 0 saturated carbocycles. The van der Waals surface area contributed by atoms with Crippen LogP contribution in [0.15, 0.2) is 59.5 Å². The highest BCUT2D eigenvalue weighted by atomic mass is 32.2. The van der Waals surface area contributed by atoms with Gasteiger partial charge in [0.15, 0.2) is 0 Å². The molecule has 0 heterocycles. The van der Waals surface area contributed by atoms with Crippen molar-refractivity contribution in [3.63, 3.8) is 0 Å². The zero-order valence-electron chi connectivity index (χ0n) is 12.6. The van der Waals surface area contributed by atoms with Gasteiger partial charge in [-0.2, -0.15) is 4.31 Å². The molecule has 23 heavy (non-hydrogen) atoms. The summed E-state index contributed by atoms with van der Waals surface area (Å²) in [6.07, 6.45) is 0. The number of amides is 1. The van der Waals surface area contributed by atoms with Crippen LogP contribution >= 0.6 is 0 Å². The van der Waals surface area contributed by atoms with E-state index in [4.69, 9.17) is 0 Å². The van der Waals surface area contributed by atoms with Crippen LogP contribution in [0.4, 0.5) is 10.1 Å². The third kappa shape index (κ3) is 4.14. The molecule has 2 aromatic carbocycles. The number of sulfonamides is 1. The highest BCUT2D eigenvalue weighted by Crippen LogP contribution is 2.16. The Balaban J connectivity index is 2.13. The van der Waals surface area contributed by atoms with Crippen LogP contribution in [0.5, 0.6) is 0 Å². The topological polar surface area (TPSA) is 66.5 Å². The summed E-state index contributed by atoms with van der Waals surface area (Å²) in [5.41, 5.74) is 0.0191. The molecule has 7 heteroatoms. The lowest BCUT2D eigenvalue weighted by Gasteiger charge is -2.20. The summed E-state index contributed by atoms with van der Waals surface area (Å²) in [5, 5.41) is 2.38. The summed E-state index contributed by atoms with van der Waals surface area (Å²) in [6, 6.07) is 13.6. The van der Waals surface area contributed by atoms with Crippen LogP contribution in [0.2, 0.25) is 0 Å². The van der Waals surface area contributed by atoms with Gasteiger partial charge >= 0.3 is 0 Å². The van der Waals surface area contributed by atoms with Gasteiger partial charge < -0.3 is 5.32 Å². The molecule has 0 aliphatic heterocycles. The van der Waals surface area contributed by atoms with Gasteiger partial charge in [-0.25, -0.2) is 12.8 Å². The Kier molecular flexibility index (Phi) is 5.46. The Bertz CT molecular complexity index is 779. The highest BCUT2D eigenvalue weighted by molar-refractivity contribution is 7.89. The molecule has 0 fully saturated rings. The monoisotopic (exact) mass is 336 g/mol. The lowest BCUT2D eigenvalue weighted by Crippen LogP contribution is -2.37. The predicted molar refractivity (Wildman–Crippen MR) is 85.9 cm³/mol. The van der Waals surface area contributed by atoms with Gasteiger partial charge in [-0.3, -0.25) is 4.79 Å². The van der Waals surface area contributed by atoms with Gasteiger partial charge in [-0.15, -0.1) is 0 Å². The van der Waals surface area contributed by atoms with Gasteiger partial charge in [0.2, 0.25) is 15.9 Å². The van der Waals surface area contributed by atoms with Gasteiger partial charge in [0.1, 0.15) is 5.82 Å². The molecule has 0 atom stereocenters. The molecular formula is C16H17FN2O3S. The van der Waals surface area contributed by atoms with Crippen molar-refractivity contribution in [3.8, 4) is 0 Å². The molecule has 0 bridgehead atoms. The lowest BCUT2D eigenvalue weighted by atomic mass is 10.3. The minimum atomic E-state index is -3.77. The number of anilines is 1. The first kappa shape index (κ1) is 17.1. The number of para-hydroxylation sites is 1. The number of hydrogen-bond donors (Lipinski definition) is 1. The molecule has 5 nitrogen and oxygen atoms in total. The van der Waals surface area contributed by atoms with Gasteiger partial charge in [0, 0.05) is 6.54 Å². The van der Waals surface area contributed by atoms with Gasteiger partial charge in [0.25, 0.3) is 0 Å². The fourth-order valence-electron chi connectivity index (χ4n) is 2.02. The van der Waals surface area contributed by atoms with Crippen LogP contribution in [0.25, 0.3) is 0 Å². The summed E-state index contributed by atoms with van der Waals surface area (Å²) >= 11 is 0. The molecule has 1 amide bonds. The van der Waals surface area contributed by atoms with Gasteiger partial charge in [-0.05, 0) is 24.3 Å². The van der Waals surface area contributed by atoms with Crippen LogP contribution in [0, 0.1) is 5.82 Å². The number of carbonyl (C=O) groups is 1. The van der Waals surface area contributed by atoms with E-state index in [1.807, 2.05) is 0 Å². The summed E-state index contributed by atoms with van der Waals surface area (Å²) < 4.78 is 39.5. The Morgan fingerprint density at radius 1 is 1.09 bits per heavy atom. The number of carbonyl (C=O) groups excluding carboxylic acids is 1. The highest BCUT2D eigenvalue weighted by Gasteiger charge is 2.25. The molecule has 0 aliphatic rings. The lowest BCUT2D eigenvalue weighted by molar-refractivity contribution is -0.116. The minimum absolute atomic E-state index is 0.0191. The second kappa shape index (κ2) is 7.34. The van der Waals surface area contributed by atoms with Crippen LogP contribution in [-0.2, 0) is 14.8 Å². The first-order chi connectivity index (χ1) is 10.9. The summed E-state index contributed by atoms with van der Waals surface area (Å²) in [4.78, 5) is 12.1. The number of benzene rings is 2. The second-order valence-electron chi connectivity index (χ2n) is 4.77. The van der Waals surface area contributed by atoms with E-state index in [1.54, 1.807) is 31.2 Å². The molecule has 1 N–H and O–H groups in total. The van der Waals surface area contributed by atoms with Crippen molar-refractivity contribution < 1.29 is 17.6 Å². The largest absolute Gasteiger partial charge is 0.322 e. The van der Waals surface area contributed by atoms with E-state index < -0.39 is 21.7 Å². The van der Waals surface area contributed by atoms with Crippen LogP contribution < -0.4 is 5.32 Å². The Morgan fingerprint density at radius 2 is 1.70 bits per heavy atom. The van der Waals surface area contributed by atoms with Crippen molar-refractivity contribution in [2.45, 2.75) is 11.8 Å². The van der Waals surface area contributed by atoms with Crippen molar-refractivity contribution in [1.82, 2.24) is 4.31 Å². The maximum Gasteiger partial charge on any atom is 0.243 e. The van der Waals surface area contributed by atoms with E-state index in [-0.39, 0.29) is 23.7 Å². The third-order valence-electron chi connectivity index (χ3n) is 3.20. The Labute approximate surface area is 134 Å². The fraction of sp³-hybridized carbons (Fsp3) is 0.188. The molecular weight excluding hydrogens is 319 g/mol. The normalized spacial score (nSPS) is 11.4. The van der Waals surface area contributed by atoms with Crippen molar-refractivity contribution in [2.75, 3.05) is 18.4 Å². The van der Waals surface area contributed by atoms with E-state index in [2.05, 4.69) is 5.32 Å². The summed E-state index contributed by atoms with van der Waals surface area (Å²) in [7, 11) is -3.77. The SMILES string of the molecule is CCN(CC(=O)Nc1ccccc1F)S(=O)(=O)c1ccccc1. The van der Waals surface area contributed by atoms with Crippen LogP contribution in [0.3, 0.4) is 0 Å². The minimum Gasteiger partial charge on any atom is -0.322 e. The second-order valence-corrected chi connectivity index (χ2v) is 6.71. The maximum absolute atomic E-state index is 13.5. The molecule has 0 unspecified atom stereocenters. The molecule has 0 aliphatic carbocycles. The molecule has 2 rings (SSSR count). The maximum atomic E-state index is 13.5. The zero-order valence-corrected chi connectivity index (χ0v) is 13.4. The van der Waals surface area contributed by atoms with E-state index in [0.717, 1.165) is 4.31 Å². The molecule has 0 radical (unpaired) electrons. The average molecular weight is 336 g/mol. The first-order valence-electron chi connectivity index (χ1n) is 7.04. The zero-order chi connectivity index (χ0) is 16.9. The molecule has 0 spiro atoms. The van der Waals surface area contributed by atoms with Crippen LogP contribution in [0.1, 0.15) is 6.92 Å². The Morgan fingerprint density at radius 3 is 2.30 bits per heavy atom. The van der Waals surface area contributed by atoms with Crippen molar-refractivity contribution in [1.29, 1.82) is 0 Å². The van der Waals surface area contributed by atoms with E-state index in [0.29, 0.717) is 0 Å². The number of nitrogens with zero attached hydrogens (tertiary/aromatic N) is 1. The number of halogens is 1. The van der Waals surface area contributed by atoms with Crippen molar-refractivity contribution >= 4 is 21.6 Å². The van der Waals surface area contributed by atoms with Gasteiger partial charge in [-0.1, -0.05) is 37.3 Å². The first-order valence-corrected chi connectivity index (χ1v) is 8.48. The quantitative estimate of drug-likeness (QED) is 0.881. The smallest absolute Gasteiger partial charge is 0.243 e. The molecule has 122 valence electrons. The third-order valence-corrected chi connectivity index (χ3v) is 5.14. The molecule has 0 aromatic heterocycles. The summed E-state index contributed by atoms with van der Waals surface area (Å²) in [5.74, 6) is -1.17. The van der Waals surface area contributed by atoms with Gasteiger partial charge in [0.05, 0.1) is 17.1 Å². The van der Waals surface area contributed by atoms with E-state index in [9.17, 15) is 17.6 Å². The van der Waals surface area contributed by atoms with E-state index in [1.165, 1.54) is 30.3 Å². The van der Waals surface area contributed by atoms with Crippen LogP contribution in [-0.4, -0.2) is 31.7 Å². The number of nitrogens with one attached hydrogen (secondary N) is 1. The number of rotatable bonds is 6. The standard InChI is InChI=1S/C16H17FN2O3S/c1-2-19(23(21,22)13-8-4-3-5-9-13)12-16(20)18-15-11-7-6-10-14(15)17/h3-11H,2,12H2,1H3,(H,18,20). The van der Waals surface area contributed by atoms with Crippen molar-refractivity contribution in [3.05, 3.63) is 60.4 Å².